The molecule has 51 heavy (non-hydrogen) atoms. The lowest BCUT2D eigenvalue weighted by Crippen LogP contribution is -2.34. The van der Waals surface area contributed by atoms with Crippen LogP contribution in [0.3, 0.4) is 0 Å². The van der Waals surface area contributed by atoms with Gasteiger partial charge in [-0.05, 0) is 62.3 Å². The van der Waals surface area contributed by atoms with Gasteiger partial charge in [0.1, 0.15) is 41.2 Å². The van der Waals surface area contributed by atoms with Crippen LogP contribution in [0.25, 0.3) is 6.08 Å². The van der Waals surface area contributed by atoms with Crippen LogP contribution in [0.1, 0.15) is 121 Å². The third-order valence-electron chi connectivity index (χ3n) is 8.69. The van der Waals surface area contributed by atoms with E-state index in [1.54, 1.807) is 13.0 Å². The highest BCUT2D eigenvalue weighted by Gasteiger charge is 2.30. The first kappa shape index (κ1) is 43.1. The molecule has 2 atom stereocenters. The summed E-state index contributed by atoms with van der Waals surface area (Å²) >= 11 is 0. The van der Waals surface area contributed by atoms with Crippen LogP contribution < -0.4 is 4.57 Å². The molecule has 0 fully saturated rings. The molecule has 1 heterocycles. The molecule has 280 valence electrons. The zero-order chi connectivity index (χ0) is 37.5. The van der Waals surface area contributed by atoms with Crippen LogP contribution in [0.4, 0.5) is 0 Å². The number of rotatable bonds is 23. The van der Waals surface area contributed by atoms with Gasteiger partial charge >= 0.3 is 11.9 Å². The molecule has 2 aromatic carbocycles. The lowest BCUT2D eigenvalue weighted by atomic mass is 9.97. The van der Waals surface area contributed by atoms with Crippen molar-refractivity contribution < 1.29 is 36.6 Å². The van der Waals surface area contributed by atoms with E-state index in [-0.39, 0.29) is 29.0 Å². The van der Waals surface area contributed by atoms with E-state index in [0.29, 0.717) is 12.0 Å². The zero-order valence-electron chi connectivity index (χ0n) is 30.8. The summed E-state index contributed by atoms with van der Waals surface area (Å²) in [7, 11) is -2.88. The Labute approximate surface area is 306 Å². The minimum Gasteiger partial charge on any atom is -0.744 e. The summed E-state index contributed by atoms with van der Waals surface area (Å²) in [6.45, 7) is 12.1. The fourth-order valence-electron chi connectivity index (χ4n) is 5.74. The van der Waals surface area contributed by atoms with E-state index in [2.05, 4.69) is 72.2 Å². The molecule has 1 aromatic heterocycles. The molecule has 0 saturated carbocycles. The number of benzene rings is 2. The molecular formula is C41H58N2O7S. The number of esters is 2. The monoisotopic (exact) mass is 722 g/mol. The Kier molecular flexibility index (Phi) is 20.5. The summed E-state index contributed by atoms with van der Waals surface area (Å²) in [5.74, 6) is -0.453. The van der Waals surface area contributed by atoms with Gasteiger partial charge in [0.05, 0.1) is 12.0 Å². The van der Waals surface area contributed by atoms with Crippen molar-refractivity contribution in [3.63, 3.8) is 0 Å². The molecule has 2 unspecified atom stereocenters. The molecule has 0 aliphatic rings. The van der Waals surface area contributed by atoms with Crippen molar-refractivity contribution in [1.29, 1.82) is 0 Å². The smallest absolute Gasteiger partial charge is 0.333 e. The molecule has 0 spiro atoms. The average Bonchev–Trinajstić information content (AvgIpc) is 3.58. The SMILES string of the molecule is C=C(C)C(=O)OC(CCCCCCCC(=O)OC)C(CCCCCCCC)n1cc[n+](Cc2ccccc2)c1.C=Cc1ccc(S(=O)(=O)[O-])cc1. The first-order valence-corrected chi connectivity index (χ1v) is 19.6. The van der Waals surface area contributed by atoms with Gasteiger partial charge in [0.15, 0.2) is 0 Å². The molecule has 0 saturated heterocycles. The van der Waals surface area contributed by atoms with E-state index < -0.39 is 10.1 Å². The standard InChI is InChI=1S/C33H51N2O4.C8H8O3S/c1-5-6-7-8-10-16-21-30(35-25-24-34(27-35)26-29-19-14-13-15-20-29)31(39-33(37)28(2)3)22-17-11-9-12-18-23-32(36)38-4;1-2-7-3-5-8(6-4-7)12(9,10)11/h13-15,19-20,24-25,27,30-31H,2,5-12,16-18,21-23,26H2,1,3-4H3;2-6H,1H2,(H,9,10,11)/q+1;/p-1. The van der Waals surface area contributed by atoms with Gasteiger partial charge in [-0.2, -0.15) is 0 Å². The molecule has 9 nitrogen and oxygen atoms in total. The Morgan fingerprint density at radius 2 is 1.51 bits per heavy atom. The van der Waals surface area contributed by atoms with Crippen molar-refractivity contribution in [3.8, 4) is 0 Å². The quantitative estimate of drug-likeness (QED) is 0.0316. The number of nitrogens with zero attached hydrogens (tertiary/aromatic N) is 2. The van der Waals surface area contributed by atoms with Gasteiger partial charge in [-0.25, -0.2) is 22.3 Å². The van der Waals surface area contributed by atoms with Crippen LogP contribution in [0, 0.1) is 0 Å². The summed E-state index contributed by atoms with van der Waals surface area (Å²) < 4.78 is 46.6. The Hall–Kier alpha value is -4.02. The van der Waals surface area contributed by atoms with Crippen molar-refractivity contribution in [2.24, 2.45) is 0 Å². The highest BCUT2D eigenvalue weighted by Crippen LogP contribution is 2.27. The molecule has 0 aliphatic heterocycles. The van der Waals surface area contributed by atoms with Crippen LogP contribution in [-0.2, 0) is 35.7 Å². The Balaban J connectivity index is 0.000000631. The topological polar surface area (TPSA) is 119 Å². The van der Waals surface area contributed by atoms with E-state index in [4.69, 9.17) is 9.47 Å². The second-order valence-corrected chi connectivity index (χ2v) is 14.4. The Bertz CT molecular complexity index is 1570. The number of methoxy groups -OCH3 is 1. The van der Waals surface area contributed by atoms with Gasteiger partial charge in [0, 0.05) is 12.0 Å². The summed E-state index contributed by atoms with van der Waals surface area (Å²) in [5, 5.41) is 0. The number of imidazole rings is 1. The van der Waals surface area contributed by atoms with E-state index in [0.717, 1.165) is 63.5 Å². The largest absolute Gasteiger partial charge is 0.744 e. The maximum Gasteiger partial charge on any atom is 0.333 e. The van der Waals surface area contributed by atoms with Gasteiger partial charge in [-0.3, -0.25) is 4.79 Å². The van der Waals surface area contributed by atoms with Gasteiger partial charge in [0.25, 0.3) is 0 Å². The van der Waals surface area contributed by atoms with Crippen molar-refractivity contribution >= 4 is 28.1 Å². The van der Waals surface area contributed by atoms with E-state index in [1.165, 1.54) is 69.0 Å². The van der Waals surface area contributed by atoms with Crippen LogP contribution >= 0.6 is 0 Å². The van der Waals surface area contributed by atoms with Gasteiger partial charge < -0.3 is 14.0 Å². The van der Waals surface area contributed by atoms with E-state index >= 15 is 0 Å². The molecule has 10 heteroatoms. The van der Waals surface area contributed by atoms with Crippen molar-refractivity contribution in [2.45, 2.75) is 127 Å². The first-order valence-electron chi connectivity index (χ1n) is 18.2. The van der Waals surface area contributed by atoms with Gasteiger partial charge in [0.2, 0.25) is 6.33 Å². The minimum atomic E-state index is -4.31. The van der Waals surface area contributed by atoms with Crippen LogP contribution in [-0.4, -0.2) is 42.7 Å². The fraction of sp³-hybridized carbons (Fsp3) is 0.488. The number of ether oxygens (including phenoxy) is 2. The van der Waals surface area contributed by atoms with Gasteiger partial charge in [-0.15, -0.1) is 0 Å². The molecule has 0 radical (unpaired) electrons. The summed E-state index contributed by atoms with van der Waals surface area (Å²) in [6.07, 6.45) is 22.3. The molecule has 0 aliphatic carbocycles. The van der Waals surface area contributed by atoms with Crippen LogP contribution in [0.5, 0.6) is 0 Å². The highest BCUT2D eigenvalue weighted by atomic mass is 32.2. The van der Waals surface area contributed by atoms with Crippen molar-refractivity contribution in [1.82, 2.24) is 4.57 Å². The number of carbonyl (C=O) groups excluding carboxylic acids is 2. The minimum absolute atomic E-state index is 0.0795. The van der Waals surface area contributed by atoms with Gasteiger partial charge in [-0.1, -0.05) is 120 Å². The molecule has 0 amide bonds. The lowest BCUT2D eigenvalue weighted by molar-refractivity contribution is -0.688. The molecule has 0 N–H and O–H groups in total. The Morgan fingerprint density at radius 3 is 2.10 bits per heavy atom. The number of hydrogen-bond acceptors (Lipinski definition) is 7. The third kappa shape index (κ3) is 17.7. The molecule has 0 bridgehead atoms. The zero-order valence-corrected chi connectivity index (χ0v) is 31.7. The van der Waals surface area contributed by atoms with Crippen molar-refractivity contribution in [3.05, 3.63) is 103 Å². The predicted molar refractivity (Wildman–Crippen MR) is 201 cm³/mol. The lowest BCUT2D eigenvalue weighted by Gasteiger charge is -2.25. The first-order chi connectivity index (χ1) is 24.5. The normalized spacial score (nSPS) is 12.2. The maximum absolute atomic E-state index is 12.7. The molecule has 3 aromatic rings. The average molecular weight is 723 g/mol. The number of carbonyl (C=O) groups is 2. The number of unbranched alkanes of at least 4 members (excludes halogenated alkanes) is 9. The molecule has 3 rings (SSSR count). The van der Waals surface area contributed by atoms with E-state index in [1.807, 2.05) is 6.07 Å². The molecular weight excluding hydrogens is 665 g/mol. The fourth-order valence-corrected chi connectivity index (χ4v) is 6.21. The number of hydrogen-bond donors (Lipinski definition) is 0. The third-order valence-corrected chi connectivity index (χ3v) is 9.54. The second-order valence-electron chi connectivity index (χ2n) is 13.0. The van der Waals surface area contributed by atoms with Crippen LogP contribution in [0.2, 0.25) is 0 Å². The highest BCUT2D eigenvalue weighted by molar-refractivity contribution is 7.85. The predicted octanol–water partition coefficient (Wildman–Crippen LogP) is 8.74. The van der Waals surface area contributed by atoms with Crippen molar-refractivity contribution in [2.75, 3.05) is 7.11 Å². The van der Waals surface area contributed by atoms with Crippen LogP contribution in [0.15, 0.2) is 96.9 Å². The number of aromatic nitrogens is 2. The maximum atomic E-state index is 12.7. The second kappa shape index (κ2) is 24.2. The summed E-state index contributed by atoms with van der Waals surface area (Å²) in [5.41, 5.74) is 2.47. The summed E-state index contributed by atoms with van der Waals surface area (Å²) in [6, 6.07) is 16.1. The summed E-state index contributed by atoms with van der Waals surface area (Å²) in [4.78, 5) is 23.8. The van der Waals surface area contributed by atoms with E-state index in [9.17, 15) is 22.6 Å². The Morgan fingerprint density at radius 1 is 0.902 bits per heavy atom.